The molecule has 35 heavy (non-hydrogen) atoms. The van der Waals surface area contributed by atoms with Crippen LogP contribution in [0.4, 0.5) is 0 Å². The predicted octanol–water partition coefficient (Wildman–Crippen LogP) is 12.5. The molecule has 0 N–H and O–H groups in total. The van der Waals surface area contributed by atoms with E-state index in [1.165, 1.54) is 167 Å². The second kappa shape index (κ2) is 24.9. The summed E-state index contributed by atoms with van der Waals surface area (Å²) in [6, 6.07) is 7.10. The van der Waals surface area contributed by atoms with Crippen LogP contribution in [-0.2, 0) is 12.8 Å². The lowest BCUT2D eigenvalue weighted by Gasteiger charge is -2.12. The first-order valence-corrected chi connectivity index (χ1v) is 16.4. The number of aryl methyl sites for hydroxylation is 2. The lowest BCUT2D eigenvalue weighted by molar-refractivity contribution is 0.543. The fourth-order valence-electron chi connectivity index (χ4n) is 5.59. The molecule has 0 bridgehead atoms. The van der Waals surface area contributed by atoms with Crippen molar-refractivity contribution in [1.82, 2.24) is 0 Å². The summed E-state index contributed by atoms with van der Waals surface area (Å²) < 4.78 is 0. The third-order valence-corrected chi connectivity index (χ3v) is 8.16. The lowest BCUT2D eigenvalue weighted by Crippen LogP contribution is -1.97. The van der Waals surface area contributed by atoms with Crippen molar-refractivity contribution in [2.24, 2.45) is 0 Å². The maximum absolute atomic E-state index is 2.39. The Morgan fingerprint density at radius 3 is 0.914 bits per heavy atom. The molecule has 0 saturated carbocycles. The summed E-state index contributed by atoms with van der Waals surface area (Å²) in [4.78, 5) is 0. The number of hydrogen-bond acceptors (Lipinski definition) is 0. The topological polar surface area (TPSA) is 0 Å². The molecule has 0 aromatic heterocycles. The zero-order chi connectivity index (χ0) is 25.2. The van der Waals surface area contributed by atoms with Crippen molar-refractivity contribution in [2.45, 2.75) is 188 Å². The van der Waals surface area contributed by atoms with Crippen molar-refractivity contribution >= 4 is 0 Å². The first-order chi connectivity index (χ1) is 17.3. The van der Waals surface area contributed by atoms with Crippen LogP contribution in [0.3, 0.4) is 0 Å². The minimum atomic E-state index is 1.29. The second-order valence-electron chi connectivity index (χ2n) is 11.5. The van der Waals surface area contributed by atoms with Crippen LogP contribution in [0.25, 0.3) is 0 Å². The molecule has 1 rings (SSSR count). The van der Waals surface area contributed by atoms with Gasteiger partial charge in [0.15, 0.2) is 0 Å². The van der Waals surface area contributed by atoms with E-state index in [-0.39, 0.29) is 0 Å². The predicted molar refractivity (Wildman–Crippen MR) is 161 cm³/mol. The molecule has 0 heteroatoms. The van der Waals surface area contributed by atoms with Crippen molar-refractivity contribution in [2.75, 3.05) is 0 Å². The van der Waals surface area contributed by atoms with Crippen LogP contribution >= 0.6 is 0 Å². The molecule has 0 amide bonds. The van der Waals surface area contributed by atoms with Crippen molar-refractivity contribution in [3.05, 3.63) is 34.9 Å². The Kier molecular flexibility index (Phi) is 22.9. The van der Waals surface area contributed by atoms with E-state index in [2.05, 4.69) is 39.0 Å². The number of hydrogen-bond donors (Lipinski definition) is 0. The molecule has 204 valence electrons. The summed E-state index contributed by atoms with van der Waals surface area (Å²) >= 11 is 0. The highest BCUT2D eigenvalue weighted by Crippen LogP contribution is 2.20. The van der Waals surface area contributed by atoms with Crippen molar-refractivity contribution in [3.8, 4) is 0 Å². The van der Waals surface area contributed by atoms with E-state index in [9.17, 15) is 0 Å². The Bertz CT molecular complexity index is 511. The number of rotatable bonds is 26. The van der Waals surface area contributed by atoms with Crippen LogP contribution < -0.4 is 0 Å². The molecule has 0 heterocycles. The monoisotopic (exact) mass is 485 g/mol. The van der Waals surface area contributed by atoms with E-state index >= 15 is 0 Å². The maximum Gasteiger partial charge on any atom is -0.0276 e. The Morgan fingerprint density at radius 2 is 0.629 bits per heavy atom. The molecule has 0 unspecified atom stereocenters. The van der Waals surface area contributed by atoms with E-state index in [0.29, 0.717) is 0 Å². The lowest BCUT2D eigenvalue weighted by atomic mass is 9.94. The highest BCUT2D eigenvalue weighted by Gasteiger charge is 2.04. The third-order valence-electron chi connectivity index (χ3n) is 8.16. The number of benzene rings is 1. The van der Waals surface area contributed by atoms with Crippen molar-refractivity contribution < 1.29 is 0 Å². The zero-order valence-electron chi connectivity index (χ0n) is 24.6. The van der Waals surface area contributed by atoms with Gasteiger partial charge in [0.25, 0.3) is 0 Å². The summed E-state index contributed by atoms with van der Waals surface area (Å²) in [5.74, 6) is 0. The Labute approximate surface area is 222 Å². The van der Waals surface area contributed by atoms with Crippen molar-refractivity contribution in [3.63, 3.8) is 0 Å². The first kappa shape index (κ1) is 32.2. The normalized spacial score (nSPS) is 11.4. The van der Waals surface area contributed by atoms with E-state index in [1.54, 1.807) is 16.7 Å². The van der Waals surface area contributed by atoms with Gasteiger partial charge in [-0.05, 0) is 49.3 Å². The zero-order valence-corrected chi connectivity index (χ0v) is 24.6. The molecular weight excluding hydrogens is 420 g/mol. The minimum absolute atomic E-state index is 1.29. The van der Waals surface area contributed by atoms with Crippen molar-refractivity contribution in [1.29, 1.82) is 0 Å². The number of unbranched alkanes of at least 4 members (excludes halogenated alkanes) is 22. The molecule has 0 atom stereocenters. The molecule has 0 aliphatic carbocycles. The van der Waals surface area contributed by atoms with Gasteiger partial charge < -0.3 is 0 Å². The van der Waals surface area contributed by atoms with Crippen LogP contribution in [-0.4, -0.2) is 0 Å². The third kappa shape index (κ3) is 19.1. The summed E-state index contributed by atoms with van der Waals surface area (Å²) in [5.41, 5.74) is 4.83. The van der Waals surface area contributed by atoms with Crippen LogP contribution in [0, 0.1) is 6.92 Å². The summed E-state index contributed by atoms with van der Waals surface area (Å²) in [6.07, 6.45) is 37.1. The summed E-state index contributed by atoms with van der Waals surface area (Å²) in [6.45, 7) is 6.99. The SMILES string of the molecule is CCCCCCCCCCCCCCc1cccc(CCCCCCCCCCCCCC)c1C. The second-order valence-corrected chi connectivity index (χ2v) is 11.5. The van der Waals surface area contributed by atoms with E-state index < -0.39 is 0 Å². The van der Waals surface area contributed by atoms with Gasteiger partial charge in [-0.25, -0.2) is 0 Å². The average molecular weight is 485 g/mol. The molecule has 0 saturated heterocycles. The summed E-state index contributed by atoms with van der Waals surface area (Å²) in [5, 5.41) is 0. The van der Waals surface area contributed by atoms with Gasteiger partial charge in [0.1, 0.15) is 0 Å². The quantitative estimate of drug-likeness (QED) is 0.115. The fourth-order valence-corrected chi connectivity index (χ4v) is 5.59. The largest absolute Gasteiger partial charge is 0.0654 e. The fraction of sp³-hybridized carbons (Fsp3) is 0.829. The van der Waals surface area contributed by atoms with Gasteiger partial charge in [0.2, 0.25) is 0 Å². The maximum atomic E-state index is 2.39. The Balaban J connectivity index is 2.00. The van der Waals surface area contributed by atoms with Gasteiger partial charge in [-0.2, -0.15) is 0 Å². The van der Waals surface area contributed by atoms with Crippen LogP contribution in [0.5, 0.6) is 0 Å². The van der Waals surface area contributed by atoms with Gasteiger partial charge in [0, 0.05) is 0 Å². The van der Waals surface area contributed by atoms with Crippen LogP contribution in [0.15, 0.2) is 18.2 Å². The standard InChI is InChI=1S/C35H64/c1-4-6-8-10-12-14-16-18-20-22-24-26-29-34-31-28-32-35(33(34)3)30-27-25-23-21-19-17-15-13-11-9-7-5-2/h28,31-32H,4-27,29-30H2,1-3H3. The highest BCUT2D eigenvalue weighted by molar-refractivity contribution is 5.34. The molecule has 1 aromatic carbocycles. The van der Waals surface area contributed by atoms with E-state index in [0.717, 1.165) is 0 Å². The molecule has 0 aliphatic heterocycles. The van der Waals surface area contributed by atoms with Crippen LogP contribution in [0.2, 0.25) is 0 Å². The highest BCUT2D eigenvalue weighted by atomic mass is 14.1. The average Bonchev–Trinajstić information content (AvgIpc) is 2.87. The van der Waals surface area contributed by atoms with Crippen LogP contribution in [0.1, 0.15) is 185 Å². The van der Waals surface area contributed by atoms with Gasteiger partial charge >= 0.3 is 0 Å². The smallest absolute Gasteiger partial charge is 0.0276 e. The minimum Gasteiger partial charge on any atom is -0.0654 e. The van der Waals surface area contributed by atoms with Gasteiger partial charge in [0.05, 0.1) is 0 Å². The van der Waals surface area contributed by atoms with E-state index in [1.807, 2.05) is 0 Å². The van der Waals surface area contributed by atoms with E-state index in [4.69, 9.17) is 0 Å². The molecule has 0 radical (unpaired) electrons. The van der Waals surface area contributed by atoms with Gasteiger partial charge in [-0.15, -0.1) is 0 Å². The Hall–Kier alpha value is -0.780. The molecule has 0 spiro atoms. The molecule has 0 nitrogen and oxygen atoms in total. The summed E-state index contributed by atoms with van der Waals surface area (Å²) in [7, 11) is 0. The molecule has 1 aromatic rings. The first-order valence-electron chi connectivity index (χ1n) is 16.4. The van der Waals surface area contributed by atoms with Gasteiger partial charge in [-0.1, -0.05) is 173 Å². The van der Waals surface area contributed by atoms with Gasteiger partial charge in [-0.3, -0.25) is 0 Å². The Morgan fingerprint density at radius 1 is 0.371 bits per heavy atom. The molecule has 0 aliphatic rings. The molecule has 0 fully saturated rings. The molecular formula is C35H64.